The lowest BCUT2D eigenvalue weighted by Gasteiger charge is -2.20. The average Bonchev–Trinajstić information content (AvgIpc) is 2.85. The van der Waals surface area contributed by atoms with Crippen LogP contribution in [0.15, 0.2) is 59.5 Å². The number of aliphatic carboxylic acids is 1. The molecule has 5 N–H and O–H groups in total. The van der Waals surface area contributed by atoms with E-state index >= 15 is 0 Å². The Bertz CT molecular complexity index is 1540. The molecule has 3 rings (SSSR count). The van der Waals surface area contributed by atoms with E-state index < -0.39 is 64.3 Å². The standard InChI is InChI=1S/C23H26N3O10PS/c1-25(2)18-7-3-6-16-15(18)5-4-8-21(16)38(34,35)36-20-10-9-14(13-19(20)26(30)31)23(29)37(32,33)12-11-17(24)22(27)28/h3-10,13,17,23,29H,11-12,24H2,1-2H3,(H,27,28)(H,32,33)/t17-,23?/m0/s1. The van der Waals surface area contributed by atoms with Crippen LogP contribution in [0.3, 0.4) is 0 Å². The van der Waals surface area contributed by atoms with E-state index in [1.807, 2.05) is 0 Å². The third-order valence-corrected chi connectivity index (χ3v) is 9.00. The maximum Gasteiger partial charge on any atom is 0.340 e. The molecule has 0 heterocycles. The van der Waals surface area contributed by atoms with Gasteiger partial charge >= 0.3 is 21.8 Å². The lowest BCUT2D eigenvalue weighted by atomic mass is 10.1. The maximum atomic E-state index is 13.2. The zero-order chi connectivity index (χ0) is 28.4. The highest BCUT2D eigenvalue weighted by molar-refractivity contribution is 7.87. The Morgan fingerprint density at radius 3 is 2.39 bits per heavy atom. The quantitative estimate of drug-likeness (QED) is 0.114. The van der Waals surface area contributed by atoms with E-state index in [1.165, 1.54) is 12.1 Å². The van der Waals surface area contributed by atoms with E-state index in [0.29, 0.717) is 10.8 Å². The van der Waals surface area contributed by atoms with Crippen LogP contribution in [-0.4, -0.2) is 60.7 Å². The number of anilines is 1. The van der Waals surface area contributed by atoms with Gasteiger partial charge in [-0.15, -0.1) is 0 Å². The number of benzene rings is 3. The number of nitro groups is 1. The highest BCUT2D eigenvalue weighted by atomic mass is 32.2. The first-order chi connectivity index (χ1) is 17.7. The summed E-state index contributed by atoms with van der Waals surface area (Å²) in [6.07, 6.45) is -1.10. The van der Waals surface area contributed by atoms with Crippen LogP contribution in [0.1, 0.15) is 17.8 Å². The summed E-state index contributed by atoms with van der Waals surface area (Å²) in [4.78, 5) is 33.4. The van der Waals surface area contributed by atoms with Crippen molar-refractivity contribution in [3.05, 3.63) is 70.3 Å². The van der Waals surface area contributed by atoms with Crippen molar-refractivity contribution in [2.24, 2.45) is 5.73 Å². The molecule has 0 radical (unpaired) electrons. The zero-order valence-corrected chi connectivity index (χ0v) is 22.0. The molecule has 38 heavy (non-hydrogen) atoms. The van der Waals surface area contributed by atoms with Crippen molar-refractivity contribution < 1.29 is 42.0 Å². The van der Waals surface area contributed by atoms with Crippen LogP contribution < -0.4 is 14.8 Å². The number of aliphatic hydroxyl groups is 1. The molecular formula is C23H26N3O10PS. The molecule has 0 aliphatic carbocycles. The maximum absolute atomic E-state index is 13.2. The van der Waals surface area contributed by atoms with E-state index in [0.717, 1.165) is 23.9 Å². The Hall–Kier alpha value is -3.55. The summed E-state index contributed by atoms with van der Waals surface area (Å²) in [7, 11) is -5.47. The number of carboxylic acids is 1. The number of carboxylic acid groups (broad SMARTS) is 1. The fourth-order valence-electron chi connectivity index (χ4n) is 3.75. The lowest BCUT2D eigenvalue weighted by Crippen LogP contribution is -2.31. The molecule has 0 saturated heterocycles. The van der Waals surface area contributed by atoms with Crippen molar-refractivity contribution in [1.82, 2.24) is 0 Å². The van der Waals surface area contributed by atoms with Crippen molar-refractivity contribution in [2.75, 3.05) is 25.2 Å². The second-order valence-electron chi connectivity index (χ2n) is 8.63. The van der Waals surface area contributed by atoms with Gasteiger partial charge in [0.25, 0.3) is 0 Å². The van der Waals surface area contributed by atoms with E-state index in [9.17, 15) is 37.9 Å². The first-order valence-corrected chi connectivity index (χ1v) is 14.4. The molecule has 0 aromatic heterocycles. The average molecular weight is 568 g/mol. The fraction of sp³-hybridized carbons (Fsp3) is 0.261. The van der Waals surface area contributed by atoms with Crippen molar-refractivity contribution in [3.63, 3.8) is 0 Å². The molecule has 0 bridgehead atoms. The van der Waals surface area contributed by atoms with Crippen LogP contribution in [0.2, 0.25) is 0 Å². The molecule has 15 heteroatoms. The number of nitrogens with zero attached hydrogens (tertiary/aromatic N) is 2. The Labute approximate surface area is 217 Å². The number of hydrogen-bond acceptors (Lipinski definition) is 10. The van der Waals surface area contributed by atoms with Crippen molar-refractivity contribution in [1.29, 1.82) is 0 Å². The minimum atomic E-state index is -4.59. The predicted octanol–water partition coefficient (Wildman–Crippen LogP) is 2.65. The monoisotopic (exact) mass is 567 g/mol. The van der Waals surface area contributed by atoms with Crippen molar-refractivity contribution in [3.8, 4) is 5.75 Å². The number of aliphatic hydroxyl groups excluding tert-OH is 1. The van der Waals surface area contributed by atoms with Crippen LogP contribution >= 0.6 is 7.37 Å². The molecule has 0 aliphatic heterocycles. The summed E-state index contributed by atoms with van der Waals surface area (Å²) >= 11 is 0. The number of fused-ring (bicyclic) bond motifs is 1. The van der Waals surface area contributed by atoms with Crippen LogP contribution in [0.4, 0.5) is 11.4 Å². The van der Waals surface area contributed by atoms with Gasteiger partial charge in [-0.05, 0) is 30.2 Å². The Balaban J connectivity index is 1.97. The highest BCUT2D eigenvalue weighted by Crippen LogP contribution is 2.55. The molecule has 0 aliphatic rings. The topological polar surface area (TPSA) is 211 Å². The Kier molecular flexibility index (Phi) is 8.44. The van der Waals surface area contributed by atoms with Gasteiger partial charge < -0.3 is 29.9 Å². The van der Waals surface area contributed by atoms with Gasteiger partial charge in [-0.1, -0.05) is 30.3 Å². The molecule has 13 nitrogen and oxygen atoms in total. The summed E-state index contributed by atoms with van der Waals surface area (Å²) < 4.78 is 44.1. The molecule has 0 saturated carbocycles. The third kappa shape index (κ3) is 6.11. The SMILES string of the molecule is CN(C)c1cccc2c(S(=O)(=O)Oc3ccc(C(O)P(=O)(O)CC[C@H](N)C(=O)O)cc3[N+](=O)[O-])cccc12. The van der Waals surface area contributed by atoms with Gasteiger partial charge in [0.1, 0.15) is 10.9 Å². The fourth-order valence-corrected chi connectivity index (χ4v) is 6.43. The molecule has 0 amide bonds. The van der Waals surface area contributed by atoms with Gasteiger partial charge in [0.2, 0.25) is 13.1 Å². The van der Waals surface area contributed by atoms with Gasteiger partial charge in [-0.25, -0.2) is 0 Å². The number of hydrogen-bond donors (Lipinski definition) is 4. The minimum Gasteiger partial charge on any atom is -0.480 e. The minimum absolute atomic E-state index is 0.230. The van der Waals surface area contributed by atoms with E-state index in [-0.39, 0.29) is 10.5 Å². The summed E-state index contributed by atoms with van der Waals surface area (Å²) in [6.45, 7) is 0. The van der Waals surface area contributed by atoms with Crippen molar-refractivity contribution >= 4 is 45.6 Å². The van der Waals surface area contributed by atoms with E-state index in [1.54, 1.807) is 43.3 Å². The molecule has 3 aromatic rings. The first-order valence-electron chi connectivity index (χ1n) is 11.1. The third-order valence-electron chi connectivity index (χ3n) is 5.75. The van der Waals surface area contributed by atoms with Crippen LogP contribution in [0, 0.1) is 10.1 Å². The molecule has 3 aromatic carbocycles. The molecular weight excluding hydrogens is 541 g/mol. The van der Waals surface area contributed by atoms with Gasteiger partial charge in [-0.2, -0.15) is 8.42 Å². The predicted molar refractivity (Wildman–Crippen MR) is 139 cm³/mol. The number of rotatable bonds is 11. The smallest absolute Gasteiger partial charge is 0.340 e. The second kappa shape index (κ2) is 11.1. The largest absolute Gasteiger partial charge is 0.480 e. The normalized spacial score (nSPS) is 14.9. The molecule has 3 atom stereocenters. The summed E-state index contributed by atoms with van der Waals surface area (Å²) in [5.74, 6) is -4.19. The Morgan fingerprint density at radius 2 is 1.79 bits per heavy atom. The summed E-state index contributed by atoms with van der Waals surface area (Å²) in [5, 5.41) is 31.9. The van der Waals surface area contributed by atoms with Gasteiger partial charge in [0, 0.05) is 42.8 Å². The second-order valence-corrected chi connectivity index (χ2v) is 12.6. The van der Waals surface area contributed by atoms with E-state index in [4.69, 9.17) is 15.0 Å². The summed E-state index contributed by atoms with van der Waals surface area (Å²) in [6, 6.07) is 10.7. The van der Waals surface area contributed by atoms with Crippen LogP contribution in [-0.2, 0) is 19.5 Å². The van der Waals surface area contributed by atoms with E-state index in [2.05, 4.69) is 0 Å². The highest BCUT2D eigenvalue weighted by Gasteiger charge is 2.34. The molecule has 0 fully saturated rings. The molecule has 204 valence electrons. The van der Waals surface area contributed by atoms with Crippen LogP contribution in [0.25, 0.3) is 10.8 Å². The number of carbonyl (C=O) groups is 1. The lowest BCUT2D eigenvalue weighted by molar-refractivity contribution is -0.385. The first kappa shape index (κ1) is 29.0. The Morgan fingerprint density at radius 1 is 1.16 bits per heavy atom. The number of nitro benzene ring substituents is 1. The van der Waals surface area contributed by atoms with Crippen molar-refractivity contribution in [2.45, 2.75) is 23.2 Å². The zero-order valence-electron chi connectivity index (χ0n) is 20.3. The van der Waals surface area contributed by atoms with Crippen LogP contribution in [0.5, 0.6) is 5.75 Å². The summed E-state index contributed by atoms with van der Waals surface area (Å²) in [5.41, 5.74) is 4.83. The number of nitrogens with two attached hydrogens (primary N) is 1. The molecule has 2 unspecified atom stereocenters. The van der Waals surface area contributed by atoms with Gasteiger partial charge in [0.05, 0.1) is 4.92 Å². The molecule has 0 spiro atoms. The van der Waals surface area contributed by atoms with Gasteiger partial charge in [-0.3, -0.25) is 19.5 Å². The van der Waals surface area contributed by atoms with Gasteiger partial charge in [0.15, 0.2) is 5.85 Å².